The number of ketones is 1. The molecular weight excluding hydrogens is 292 g/mol. The monoisotopic (exact) mass is 308 g/mol. The van der Waals surface area contributed by atoms with Crippen LogP contribution in [0.3, 0.4) is 0 Å². The van der Waals surface area contributed by atoms with Crippen LogP contribution in [0, 0.1) is 6.92 Å². The molecule has 1 aromatic carbocycles. The number of ether oxygens (including phenoxy) is 1. The maximum Gasteiger partial charge on any atom is 0.218 e. The van der Waals surface area contributed by atoms with E-state index in [9.17, 15) is 4.79 Å². The van der Waals surface area contributed by atoms with Crippen LogP contribution in [0.4, 0.5) is 5.69 Å². The molecular formula is C17H16N4O2. The molecule has 0 aliphatic carbocycles. The minimum absolute atomic E-state index is 0.199. The maximum atomic E-state index is 12.5. The third-order valence-corrected chi connectivity index (χ3v) is 3.38. The fourth-order valence-corrected chi connectivity index (χ4v) is 2.21. The third kappa shape index (κ3) is 2.91. The summed E-state index contributed by atoms with van der Waals surface area (Å²) in [5.74, 6) is 0.842. The number of nitrogens with two attached hydrogens (primary N) is 1. The zero-order valence-corrected chi connectivity index (χ0v) is 12.9. The first-order chi connectivity index (χ1) is 11.1. The Hall–Kier alpha value is -3.15. The van der Waals surface area contributed by atoms with Crippen molar-refractivity contribution in [2.24, 2.45) is 0 Å². The molecule has 0 fully saturated rings. The van der Waals surface area contributed by atoms with Crippen LogP contribution in [-0.2, 0) is 0 Å². The minimum Gasteiger partial charge on any atom is -0.481 e. The van der Waals surface area contributed by atoms with Gasteiger partial charge in [0.1, 0.15) is 5.69 Å². The molecule has 23 heavy (non-hydrogen) atoms. The van der Waals surface area contributed by atoms with Gasteiger partial charge in [-0.1, -0.05) is 6.07 Å². The standard InChI is InChI=1S/C17H16N4O2/c1-11-4-3-5-15(19-11)21-16(23-2)10-14(20-21)17(22)12-6-8-13(18)9-7-12/h3-10H,18H2,1-2H3. The number of nitrogens with zero attached hydrogens (tertiary/aromatic N) is 3. The number of benzene rings is 1. The molecule has 6 heteroatoms. The van der Waals surface area contributed by atoms with Crippen molar-refractivity contribution < 1.29 is 9.53 Å². The normalized spacial score (nSPS) is 10.5. The number of aromatic nitrogens is 3. The van der Waals surface area contributed by atoms with Crippen molar-refractivity contribution in [2.75, 3.05) is 12.8 Å². The summed E-state index contributed by atoms with van der Waals surface area (Å²) in [6.07, 6.45) is 0. The number of aryl methyl sites for hydroxylation is 1. The lowest BCUT2D eigenvalue weighted by atomic mass is 10.1. The molecule has 0 bridgehead atoms. The van der Waals surface area contributed by atoms with E-state index in [2.05, 4.69) is 10.1 Å². The van der Waals surface area contributed by atoms with E-state index >= 15 is 0 Å². The van der Waals surface area contributed by atoms with E-state index < -0.39 is 0 Å². The summed E-state index contributed by atoms with van der Waals surface area (Å²) >= 11 is 0. The lowest BCUT2D eigenvalue weighted by Crippen LogP contribution is -2.06. The summed E-state index contributed by atoms with van der Waals surface area (Å²) in [4.78, 5) is 16.9. The van der Waals surface area contributed by atoms with Crippen LogP contribution in [0.25, 0.3) is 5.82 Å². The van der Waals surface area contributed by atoms with Gasteiger partial charge in [0.05, 0.1) is 7.11 Å². The highest BCUT2D eigenvalue weighted by Gasteiger charge is 2.18. The molecule has 0 unspecified atom stereocenters. The maximum absolute atomic E-state index is 12.5. The number of anilines is 1. The largest absolute Gasteiger partial charge is 0.481 e. The molecule has 0 amide bonds. The van der Waals surface area contributed by atoms with Crippen molar-refractivity contribution in [3.05, 3.63) is 65.5 Å². The van der Waals surface area contributed by atoms with Gasteiger partial charge in [0.2, 0.25) is 11.7 Å². The molecule has 3 rings (SSSR count). The zero-order valence-electron chi connectivity index (χ0n) is 12.9. The smallest absolute Gasteiger partial charge is 0.218 e. The number of carbonyl (C=O) groups excluding carboxylic acids is 1. The van der Waals surface area contributed by atoms with Gasteiger partial charge >= 0.3 is 0 Å². The topological polar surface area (TPSA) is 83.0 Å². The van der Waals surface area contributed by atoms with E-state index in [1.807, 2.05) is 19.1 Å². The third-order valence-electron chi connectivity index (χ3n) is 3.38. The molecule has 2 N–H and O–H groups in total. The molecule has 2 aromatic heterocycles. The molecule has 0 saturated heterocycles. The van der Waals surface area contributed by atoms with Crippen molar-refractivity contribution in [3.8, 4) is 11.7 Å². The Labute approximate surface area is 133 Å². The molecule has 0 radical (unpaired) electrons. The van der Waals surface area contributed by atoms with Crippen LogP contribution in [0.15, 0.2) is 48.5 Å². The summed E-state index contributed by atoms with van der Waals surface area (Å²) in [6.45, 7) is 1.89. The van der Waals surface area contributed by atoms with Crippen LogP contribution >= 0.6 is 0 Å². The van der Waals surface area contributed by atoms with Crippen molar-refractivity contribution in [1.82, 2.24) is 14.8 Å². The Morgan fingerprint density at radius 2 is 1.91 bits per heavy atom. The summed E-state index contributed by atoms with van der Waals surface area (Å²) < 4.78 is 6.83. The Kier molecular flexibility index (Phi) is 3.80. The fourth-order valence-electron chi connectivity index (χ4n) is 2.21. The zero-order chi connectivity index (χ0) is 16.4. The van der Waals surface area contributed by atoms with Gasteiger partial charge in [0.15, 0.2) is 5.82 Å². The summed E-state index contributed by atoms with van der Waals surface area (Å²) in [6, 6.07) is 13.9. The van der Waals surface area contributed by atoms with E-state index in [0.717, 1.165) is 5.69 Å². The van der Waals surface area contributed by atoms with Gasteiger partial charge in [0.25, 0.3) is 0 Å². The van der Waals surface area contributed by atoms with Crippen LogP contribution in [0.2, 0.25) is 0 Å². The van der Waals surface area contributed by atoms with E-state index in [1.54, 1.807) is 36.4 Å². The second-order valence-corrected chi connectivity index (χ2v) is 5.07. The molecule has 0 atom stereocenters. The van der Waals surface area contributed by atoms with Crippen molar-refractivity contribution in [2.45, 2.75) is 6.92 Å². The molecule has 116 valence electrons. The quantitative estimate of drug-likeness (QED) is 0.591. The van der Waals surface area contributed by atoms with Crippen molar-refractivity contribution in [1.29, 1.82) is 0 Å². The van der Waals surface area contributed by atoms with Gasteiger partial charge < -0.3 is 10.5 Å². The van der Waals surface area contributed by atoms with Crippen LogP contribution in [0.1, 0.15) is 21.7 Å². The lowest BCUT2D eigenvalue weighted by molar-refractivity contribution is 0.103. The molecule has 2 heterocycles. The van der Waals surface area contributed by atoms with Gasteiger partial charge in [-0.3, -0.25) is 4.79 Å². The predicted molar refractivity (Wildman–Crippen MR) is 86.9 cm³/mol. The highest BCUT2D eigenvalue weighted by Crippen LogP contribution is 2.20. The van der Waals surface area contributed by atoms with Crippen LogP contribution in [-0.4, -0.2) is 27.7 Å². The molecule has 0 aliphatic heterocycles. The number of hydrogen-bond donors (Lipinski definition) is 1. The first-order valence-electron chi connectivity index (χ1n) is 7.07. The minimum atomic E-state index is -0.199. The Balaban J connectivity index is 2.02. The van der Waals surface area contributed by atoms with Gasteiger partial charge in [0, 0.05) is 23.0 Å². The molecule has 6 nitrogen and oxygen atoms in total. The Morgan fingerprint density at radius 1 is 1.17 bits per heavy atom. The number of methoxy groups -OCH3 is 1. The van der Waals surface area contributed by atoms with Gasteiger partial charge in [-0.15, -0.1) is 0 Å². The number of pyridine rings is 1. The van der Waals surface area contributed by atoms with E-state index in [4.69, 9.17) is 10.5 Å². The fraction of sp³-hybridized carbons (Fsp3) is 0.118. The van der Waals surface area contributed by atoms with Gasteiger partial charge in [-0.2, -0.15) is 9.78 Å². The number of rotatable bonds is 4. The predicted octanol–water partition coefficient (Wildman–Crippen LogP) is 2.40. The van der Waals surface area contributed by atoms with E-state index in [-0.39, 0.29) is 11.5 Å². The van der Waals surface area contributed by atoms with Gasteiger partial charge in [-0.25, -0.2) is 4.98 Å². The second kappa shape index (κ2) is 5.92. The highest BCUT2D eigenvalue weighted by molar-refractivity contribution is 6.08. The molecule has 3 aromatic rings. The number of nitrogen functional groups attached to an aromatic ring is 1. The molecule has 0 saturated carbocycles. The first kappa shape index (κ1) is 14.8. The Morgan fingerprint density at radius 3 is 2.57 bits per heavy atom. The first-order valence-corrected chi connectivity index (χ1v) is 7.07. The van der Waals surface area contributed by atoms with Crippen molar-refractivity contribution >= 4 is 11.5 Å². The second-order valence-electron chi connectivity index (χ2n) is 5.07. The van der Waals surface area contributed by atoms with Gasteiger partial charge in [-0.05, 0) is 43.3 Å². The molecule has 0 aliphatic rings. The average Bonchev–Trinajstić information content (AvgIpc) is 2.99. The number of hydrogen-bond acceptors (Lipinski definition) is 5. The molecule has 0 spiro atoms. The average molecular weight is 308 g/mol. The SMILES string of the molecule is COc1cc(C(=O)c2ccc(N)cc2)nn1-c1cccc(C)n1. The lowest BCUT2D eigenvalue weighted by Gasteiger charge is -2.05. The number of carbonyl (C=O) groups is 1. The Bertz CT molecular complexity index is 853. The summed E-state index contributed by atoms with van der Waals surface area (Å²) in [5.41, 5.74) is 7.91. The van der Waals surface area contributed by atoms with Crippen LogP contribution < -0.4 is 10.5 Å². The summed E-state index contributed by atoms with van der Waals surface area (Å²) in [7, 11) is 1.53. The van der Waals surface area contributed by atoms with Crippen molar-refractivity contribution in [3.63, 3.8) is 0 Å². The summed E-state index contributed by atoms with van der Waals surface area (Å²) in [5, 5.41) is 4.34. The van der Waals surface area contributed by atoms with Crippen LogP contribution in [0.5, 0.6) is 5.88 Å². The highest BCUT2D eigenvalue weighted by atomic mass is 16.5. The van der Waals surface area contributed by atoms with E-state index in [1.165, 1.54) is 11.8 Å². The van der Waals surface area contributed by atoms with E-state index in [0.29, 0.717) is 22.9 Å².